The van der Waals surface area contributed by atoms with Gasteiger partial charge in [-0.25, -0.2) is 0 Å². The minimum atomic E-state index is -0.223. The highest BCUT2D eigenvalue weighted by Gasteiger charge is 2.13. The Labute approximate surface area is 120 Å². The molecule has 1 amide bonds. The summed E-state index contributed by atoms with van der Waals surface area (Å²) in [5, 5.41) is 11.7. The predicted octanol–water partition coefficient (Wildman–Crippen LogP) is 1.49. The highest BCUT2D eigenvalue weighted by molar-refractivity contribution is 5.97. The summed E-state index contributed by atoms with van der Waals surface area (Å²) < 4.78 is 4.99. The first-order chi connectivity index (χ1) is 9.58. The van der Waals surface area contributed by atoms with Crippen molar-refractivity contribution < 1.29 is 14.6 Å². The fourth-order valence-electron chi connectivity index (χ4n) is 1.76. The summed E-state index contributed by atoms with van der Waals surface area (Å²) in [5.41, 5.74) is 2.16. The molecule has 0 aliphatic heterocycles. The first-order valence-corrected chi connectivity index (χ1v) is 6.58. The van der Waals surface area contributed by atoms with E-state index in [2.05, 4.69) is 17.2 Å². The lowest BCUT2D eigenvalue weighted by Crippen LogP contribution is -2.33. The zero-order valence-corrected chi connectivity index (χ0v) is 12.2. The van der Waals surface area contributed by atoms with Crippen molar-refractivity contribution in [2.45, 2.75) is 26.3 Å². The quantitative estimate of drug-likeness (QED) is 0.801. The van der Waals surface area contributed by atoms with Gasteiger partial charge in [-0.2, -0.15) is 0 Å². The summed E-state index contributed by atoms with van der Waals surface area (Å²) >= 11 is 0. The van der Waals surface area contributed by atoms with E-state index in [9.17, 15) is 4.79 Å². The zero-order valence-electron chi connectivity index (χ0n) is 12.2. The first-order valence-electron chi connectivity index (χ1n) is 6.58. The molecule has 0 aromatic heterocycles. The highest BCUT2D eigenvalue weighted by Crippen LogP contribution is 2.11. The van der Waals surface area contributed by atoms with Gasteiger partial charge in [-0.3, -0.25) is 4.79 Å². The lowest BCUT2D eigenvalue weighted by Gasteiger charge is -2.14. The van der Waals surface area contributed by atoms with Crippen LogP contribution in [0.1, 0.15) is 34.8 Å². The number of aliphatic hydroxyl groups is 1. The van der Waals surface area contributed by atoms with E-state index in [0.717, 1.165) is 12.0 Å². The van der Waals surface area contributed by atoms with Crippen LogP contribution in [0.3, 0.4) is 0 Å². The lowest BCUT2D eigenvalue weighted by atomic mass is 10.0. The molecule has 1 rings (SSSR count). The van der Waals surface area contributed by atoms with Crippen molar-refractivity contribution in [3.63, 3.8) is 0 Å². The van der Waals surface area contributed by atoms with Crippen LogP contribution in [-0.4, -0.2) is 37.4 Å². The van der Waals surface area contributed by atoms with Crippen LogP contribution < -0.4 is 5.32 Å². The number of hydrogen-bond acceptors (Lipinski definition) is 3. The van der Waals surface area contributed by atoms with Crippen LogP contribution in [0.5, 0.6) is 0 Å². The van der Waals surface area contributed by atoms with Gasteiger partial charge in [0.15, 0.2) is 0 Å². The molecular weight excluding hydrogens is 254 g/mol. The Balaban J connectivity index is 2.88. The molecule has 0 aliphatic rings. The van der Waals surface area contributed by atoms with Gasteiger partial charge in [-0.1, -0.05) is 23.5 Å². The summed E-state index contributed by atoms with van der Waals surface area (Å²) in [5.74, 6) is 5.22. The van der Waals surface area contributed by atoms with Gasteiger partial charge >= 0.3 is 0 Å². The molecule has 0 fully saturated rings. The fourth-order valence-corrected chi connectivity index (χ4v) is 1.76. The molecule has 0 heterocycles. The average molecular weight is 275 g/mol. The second kappa shape index (κ2) is 8.36. The number of carbonyl (C=O) groups is 1. The van der Waals surface area contributed by atoms with Crippen LogP contribution in [0, 0.1) is 18.8 Å². The van der Waals surface area contributed by atoms with Crippen molar-refractivity contribution >= 4 is 5.91 Å². The van der Waals surface area contributed by atoms with Crippen molar-refractivity contribution in [2.75, 3.05) is 20.3 Å². The molecule has 0 saturated carbocycles. The van der Waals surface area contributed by atoms with E-state index >= 15 is 0 Å². The van der Waals surface area contributed by atoms with Gasteiger partial charge in [-0.15, -0.1) is 0 Å². The van der Waals surface area contributed by atoms with Crippen molar-refractivity contribution in [3.05, 3.63) is 34.9 Å². The van der Waals surface area contributed by atoms with Crippen LogP contribution in [0.4, 0.5) is 0 Å². The SMILES string of the molecule is COCCC(C)NC(=O)c1cc(C)ccc1C#CCO. The minimum Gasteiger partial charge on any atom is -0.385 e. The number of benzene rings is 1. The zero-order chi connectivity index (χ0) is 15.0. The number of ether oxygens (including phenoxy) is 1. The van der Waals surface area contributed by atoms with Crippen molar-refractivity contribution in [3.8, 4) is 11.8 Å². The Morgan fingerprint density at radius 1 is 1.50 bits per heavy atom. The molecule has 1 aromatic carbocycles. The van der Waals surface area contributed by atoms with Crippen LogP contribution in [-0.2, 0) is 4.74 Å². The number of carbonyl (C=O) groups excluding carboxylic acids is 1. The van der Waals surface area contributed by atoms with E-state index < -0.39 is 0 Å². The summed E-state index contributed by atoms with van der Waals surface area (Å²) in [6.07, 6.45) is 0.756. The van der Waals surface area contributed by atoms with Gasteiger partial charge in [0.2, 0.25) is 0 Å². The van der Waals surface area contributed by atoms with Gasteiger partial charge in [0.1, 0.15) is 6.61 Å². The number of nitrogens with one attached hydrogen (secondary N) is 1. The average Bonchev–Trinajstić information content (AvgIpc) is 2.43. The van der Waals surface area contributed by atoms with E-state index in [-0.39, 0.29) is 18.6 Å². The predicted molar refractivity (Wildman–Crippen MR) is 78.6 cm³/mol. The topological polar surface area (TPSA) is 58.6 Å². The van der Waals surface area contributed by atoms with Crippen molar-refractivity contribution in [2.24, 2.45) is 0 Å². The number of aryl methyl sites for hydroxylation is 1. The third kappa shape index (κ3) is 5.04. The van der Waals surface area contributed by atoms with E-state index in [0.29, 0.717) is 17.7 Å². The van der Waals surface area contributed by atoms with Crippen molar-refractivity contribution in [1.29, 1.82) is 0 Å². The molecule has 0 radical (unpaired) electrons. The highest BCUT2D eigenvalue weighted by atomic mass is 16.5. The molecule has 1 unspecified atom stereocenters. The normalized spacial score (nSPS) is 11.4. The number of amides is 1. The molecular formula is C16H21NO3. The Bertz CT molecular complexity index is 514. The molecule has 4 heteroatoms. The molecule has 1 atom stereocenters. The molecule has 0 bridgehead atoms. The largest absolute Gasteiger partial charge is 0.385 e. The van der Waals surface area contributed by atoms with E-state index in [1.807, 2.05) is 19.9 Å². The van der Waals surface area contributed by atoms with Crippen molar-refractivity contribution in [1.82, 2.24) is 5.32 Å². The Hall–Kier alpha value is -1.83. The van der Waals surface area contributed by atoms with E-state index in [1.165, 1.54) is 0 Å². The van der Waals surface area contributed by atoms with Crippen LogP contribution in [0.25, 0.3) is 0 Å². The van der Waals surface area contributed by atoms with Crippen LogP contribution in [0.2, 0.25) is 0 Å². The number of rotatable bonds is 5. The fraction of sp³-hybridized carbons (Fsp3) is 0.438. The molecule has 2 N–H and O–H groups in total. The molecule has 0 spiro atoms. The number of hydrogen-bond donors (Lipinski definition) is 2. The lowest BCUT2D eigenvalue weighted by molar-refractivity contribution is 0.0929. The molecule has 20 heavy (non-hydrogen) atoms. The maximum Gasteiger partial charge on any atom is 0.252 e. The summed E-state index contributed by atoms with van der Waals surface area (Å²) in [6, 6.07) is 5.53. The standard InChI is InChI=1S/C16H21NO3/c1-12-6-7-14(5-4-9-18)15(11-12)16(19)17-13(2)8-10-20-3/h6-7,11,13,18H,8-10H2,1-3H3,(H,17,19). The maximum absolute atomic E-state index is 12.3. The summed E-state index contributed by atoms with van der Waals surface area (Å²) in [6.45, 7) is 4.24. The Morgan fingerprint density at radius 3 is 2.90 bits per heavy atom. The Kier molecular flexibility index (Phi) is 6.78. The van der Waals surface area contributed by atoms with E-state index in [4.69, 9.17) is 9.84 Å². The van der Waals surface area contributed by atoms with Gasteiger partial charge in [0.05, 0.1) is 5.56 Å². The molecule has 0 aliphatic carbocycles. The molecule has 0 saturated heterocycles. The summed E-state index contributed by atoms with van der Waals surface area (Å²) in [7, 11) is 1.64. The first kappa shape index (κ1) is 16.2. The maximum atomic E-state index is 12.3. The molecule has 108 valence electrons. The number of methoxy groups -OCH3 is 1. The van der Waals surface area contributed by atoms with Gasteiger partial charge in [-0.05, 0) is 32.4 Å². The van der Waals surface area contributed by atoms with Crippen LogP contribution in [0.15, 0.2) is 18.2 Å². The third-order valence-electron chi connectivity index (χ3n) is 2.85. The second-order valence-corrected chi connectivity index (χ2v) is 4.66. The number of aliphatic hydroxyl groups excluding tert-OH is 1. The molecule has 1 aromatic rings. The van der Waals surface area contributed by atoms with Gasteiger partial charge in [0, 0.05) is 25.3 Å². The van der Waals surface area contributed by atoms with Crippen LogP contribution >= 0.6 is 0 Å². The van der Waals surface area contributed by atoms with Gasteiger partial charge < -0.3 is 15.2 Å². The van der Waals surface area contributed by atoms with E-state index in [1.54, 1.807) is 19.2 Å². The monoisotopic (exact) mass is 275 g/mol. The smallest absolute Gasteiger partial charge is 0.252 e. The third-order valence-corrected chi connectivity index (χ3v) is 2.85. The summed E-state index contributed by atoms with van der Waals surface area (Å²) in [4.78, 5) is 12.3. The minimum absolute atomic E-state index is 0.0293. The molecule has 4 nitrogen and oxygen atoms in total. The second-order valence-electron chi connectivity index (χ2n) is 4.66. The van der Waals surface area contributed by atoms with Gasteiger partial charge in [0.25, 0.3) is 5.91 Å². The Morgan fingerprint density at radius 2 is 2.25 bits per heavy atom.